The molecule has 54 heavy (non-hydrogen) atoms. The van der Waals surface area contributed by atoms with Crippen molar-refractivity contribution >= 4 is 36.2 Å². The highest BCUT2D eigenvalue weighted by molar-refractivity contribution is 7.60. The van der Waals surface area contributed by atoms with Crippen LogP contribution >= 0.6 is 7.37 Å². The Balaban J connectivity index is 1.34. The van der Waals surface area contributed by atoms with Gasteiger partial charge in [0.25, 0.3) is 7.37 Å². The van der Waals surface area contributed by atoms with E-state index in [1.807, 2.05) is 75.4 Å². The maximum atomic E-state index is 14.7. The zero-order valence-corrected chi connectivity index (χ0v) is 32.5. The van der Waals surface area contributed by atoms with E-state index in [9.17, 15) is 23.8 Å². The molecule has 2 saturated carbocycles. The maximum absolute atomic E-state index is 14.7. The molecule has 6 atom stereocenters. The highest BCUT2D eigenvalue weighted by atomic mass is 31.2. The van der Waals surface area contributed by atoms with Gasteiger partial charge in [0.2, 0.25) is 11.8 Å². The third kappa shape index (κ3) is 8.13. The second-order valence-corrected chi connectivity index (χ2v) is 18.0. The number of rotatable bonds is 13. The Hall–Kier alpha value is -4.45. The molecule has 2 heterocycles. The number of methoxy groups -OCH3 is 2. The summed E-state index contributed by atoms with van der Waals surface area (Å²) in [6, 6.07) is 14.8. The number of likely N-dealkylation sites (tertiary alicyclic amines) is 1. The standard InChI is InChI=1S/C40H51N4O9P/c1-7-26-22-40(26,54(48,49)24-50-5)43-36(45)33-20-29(23-44(33)37(46)35(39(2,3)4)42-38(47)53-27-15-11-12-16-27)52-34-21-31(25-13-9-8-10-14-25)41-32-19-28(51-6)17-18-30(32)34/h7-10,13-14,17-19,21,26-27,29,33,35H,1,11-12,15-16,20,22-24H2,2-6H3,(H,42,47)(H,43,45)(H,48,49)/t26-,29-,33+,35?,40+/m1/s1. The van der Waals surface area contributed by atoms with Gasteiger partial charge in [-0.25, -0.2) is 9.78 Å². The minimum absolute atomic E-state index is 0.00373. The summed E-state index contributed by atoms with van der Waals surface area (Å²) in [4.78, 5) is 59.5. The molecule has 0 spiro atoms. The fourth-order valence-electron chi connectivity index (χ4n) is 7.61. The van der Waals surface area contributed by atoms with Crippen LogP contribution in [0.4, 0.5) is 4.79 Å². The number of carbonyl (C=O) groups is 3. The van der Waals surface area contributed by atoms with Crippen LogP contribution in [0.15, 0.2) is 67.3 Å². The Labute approximate surface area is 316 Å². The normalized spacial score (nSPS) is 24.3. The molecule has 290 valence electrons. The van der Waals surface area contributed by atoms with Crippen LogP contribution in [-0.2, 0) is 23.6 Å². The fourth-order valence-corrected chi connectivity index (χ4v) is 9.58. The van der Waals surface area contributed by atoms with Crippen LogP contribution in [0.5, 0.6) is 11.5 Å². The Kier molecular flexibility index (Phi) is 11.4. The molecule has 2 aliphatic carbocycles. The first-order valence-corrected chi connectivity index (χ1v) is 20.3. The largest absolute Gasteiger partial charge is 0.497 e. The number of fused-ring (bicyclic) bond motifs is 1. The van der Waals surface area contributed by atoms with E-state index < -0.39 is 66.4 Å². The van der Waals surface area contributed by atoms with Crippen LogP contribution < -0.4 is 20.1 Å². The molecule has 1 aliphatic heterocycles. The molecular weight excluding hydrogens is 711 g/mol. The number of nitrogens with zero attached hydrogens (tertiary/aromatic N) is 2. The molecular formula is C40H51N4O9P. The van der Waals surface area contributed by atoms with Crippen molar-refractivity contribution in [2.24, 2.45) is 11.3 Å². The molecule has 3 aliphatic rings. The number of amides is 3. The number of pyridine rings is 1. The molecule has 2 unspecified atom stereocenters. The van der Waals surface area contributed by atoms with Crippen molar-refractivity contribution in [3.8, 4) is 22.8 Å². The summed E-state index contributed by atoms with van der Waals surface area (Å²) >= 11 is 0. The third-order valence-electron chi connectivity index (χ3n) is 10.7. The zero-order valence-electron chi connectivity index (χ0n) is 31.6. The van der Waals surface area contributed by atoms with Gasteiger partial charge in [-0.3, -0.25) is 14.2 Å². The molecule has 13 nitrogen and oxygen atoms in total. The molecule has 0 bridgehead atoms. The van der Waals surface area contributed by atoms with Gasteiger partial charge in [-0.15, -0.1) is 6.58 Å². The van der Waals surface area contributed by atoms with Crippen molar-refractivity contribution in [2.75, 3.05) is 27.1 Å². The van der Waals surface area contributed by atoms with Crippen molar-refractivity contribution in [3.63, 3.8) is 0 Å². The topological polar surface area (TPSA) is 166 Å². The predicted molar refractivity (Wildman–Crippen MR) is 204 cm³/mol. The molecule has 3 fully saturated rings. The van der Waals surface area contributed by atoms with E-state index in [0.29, 0.717) is 28.1 Å². The van der Waals surface area contributed by atoms with Crippen LogP contribution in [0, 0.1) is 11.3 Å². The predicted octanol–water partition coefficient (Wildman–Crippen LogP) is 6.23. The number of hydrogen-bond acceptors (Lipinski definition) is 9. The number of nitrogens with one attached hydrogen (secondary N) is 2. The number of benzene rings is 2. The average molecular weight is 763 g/mol. The first-order chi connectivity index (χ1) is 25.7. The highest BCUT2D eigenvalue weighted by Gasteiger charge is 2.66. The van der Waals surface area contributed by atoms with E-state index in [4.69, 9.17) is 23.9 Å². The van der Waals surface area contributed by atoms with Crippen molar-refractivity contribution in [3.05, 3.63) is 67.3 Å². The summed E-state index contributed by atoms with van der Waals surface area (Å²) in [5.41, 5.74) is 1.38. The summed E-state index contributed by atoms with van der Waals surface area (Å²) in [6.07, 6.45) is 3.24. The SMILES string of the molecule is C=C[C@@H]1C[C@]1(NC(=O)[C@@H]1C[C@@H](Oc2cc(-c3ccccc3)nc3cc(OC)ccc23)CN1C(=O)C(NC(=O)OC1CCCC1)C(C)(C)C)P(=O)(O)COC. The second kappa shape index (κ2) is 15.7. The molecule has 6 rings (SSSR count). The molecule has 3 aromatic rings. The average Bonchev–Trinajstić information content (AvgIpc) is 3.41. The minimum Gasteiger partial charge on any atom is -0.497 e. The van der Waals surface area contributed by atoms with E-state index in [1.54, 1.807) is 13.2 Å². The lowest BCUT2D eigenvalue weighted by molar-refractivity contribution is -0.142. The van der Waals surface area contributed by atoms with Crippen LogP contribution in [0.25, 0.3) is 22.2 Å². The maximum Gasteiger partial charge on any atom is 0.408 e. The molecule has 2 aromatic carbocycles. The molecule has 3 amide bonds. The number of hydrogen-bond donors (Lipinski definition) is 3. The molecule has 3 N–H and O–H groups in total. The summed E-state index contributed by atoms with van der Waals surface area (Å²) in [7, 11) is -1.16. The Morgan fingerprint density at radius 3 is 2.44 bits per heavy atom. The van der Waals surface area contributed by atoms with Crippen molar-refractivity contribution in [1.82, 2.24) is 20.5 Å². The van der Waals surface area contributed by atoms with Gasteiger partial charge < -0.3 is 39.4 Å². The van der Waals surface area contributed by atoms with Gasteiger partial charge in [-0.05, 0) is 49.7 Å². The highest BCUT2D eigenvalue weighted by Crippen LogP contribution is 2.69. The number of ether oxygens (including phenoxy) is 4. The first-order valence-electron chi connectivity index (χ1n) is 18.4. The molecule has 0 radical (unpaired) electrons. The van der Waals surface area contributed by atoms with Gasteiger partial charge in [0.1, 0.15) is 47.4 Å². The summed E-state index contributed by atoms with van der Waals surface area (Å²) in [6.45, 7) is 9.28. The summed E-state index contributed by atoms with van der Waals surface area (Å²) in [5, 5.41) is 4.89. The quantitative estimate of drug-likeness (QED) is 0.134. The van der Waals surface area contributed by atoms with Crippen LogP contribution in [-0.4, -0.2) is 89.4 Å². The molecule has 14 heteroatoms. The lowest BCUT2D eigenvalue weighted by Crippen LogP contribution is -2.58. The zero-order chi connectivity index (χ0) is 38.8. The van der Waals surface area contributed by atoms with E-state index >= 15 is 0 Å². The van der Waals surface area contributed by atoms with Gasteiger partial charge in [-0.1, -0.05) is 57.2 Å². The van der Waals surface area contributed by atoms with Gasteiger partial charge in [0.05, 0.1) is 24.9 Å². The number of aromatic nitrogens is 1. The Morgan fingerprint density at radius 1 is 1.09 bits per heavy atom. The third-order valence-corrected chi connectivity index (χ3v) is 13.2. The van der Waals surface area contributed by atoms with Crippen molar-refractivity contribution < 1.29 is 42.8 Å². The molecule has 1 aromatic heterocycles. The van der Waals surface area contributed by atoms with Crippen LogP contribution in [0.3, 0.4) is 0 Å². The van der Waals surface area contributed by atoms with E-state index in [1.165, 1.54) is 12.0 Å². The fraction of sp³-hybridized carbons (Fsp3) is 0.500. The van der Waals surface area contributed by atoms with Gasteiger partial charge in [0, 0.05) is 42.5 Å². The Bertz CT molecular complexity index is 1930. The Morgan fingerprint density at radius 2 is 1.81 bits per heavy atom. The van der Waals surface area contributed by atoms with E-state index in [0.717, 1.165) is 31.2 Å². The van der Waals surface area contributed by atoms with Crippen molar-refractivity contribution in [2.45, 2.75) is 88.9 Å². The lowest BCUT2D eigenvalue weighted by Gasteiger charge is -2.35. The van der Waals surface area contributed by atoms with Crippen LogP contribution in [0.1, 0.15) is 59.3 Å². The van der Waals surface area contributed by atoms with Crippen LogP contribution in [0.2, 0.25) is 0 Å². The monoisotopic (exact) mass is 762 g/mol. The number of alkyl carbamates (subject to hydrolysis) is 1. The lowest BCUT2D eigenvalue weighted by atomic mass is 9.85. The first kappa shape index (κ1) is 39.2. The summed E-state index contributed by atoms with van der Waals surface area (Å²) in [5.74, 6) is -0.457. The molecule has 1 saturated heterocycles. The van der Waals surface area contributed by atoms with Gasteiger partial charge >= 0.3 is 6.09 Å². The minimum atomic E-state index is -4.06. The van der Waals surface area contributed by atoms with Gasteiger partial charge in [-0.2, -0.15) is 0 Å². The number of carbonyl (C=O) groups excluding carboxylic acids is 3. The van der Waals surface area contributed by atoms with Crippen molar-refractivity contribution in [1.29, 1.82) is 0 Å². The van der Waals surface area contributed by atoms with E-state index in [2.05, 4.69) is 17.2 Å². The van der Waals surface area contributed by atoms with E-state index in [-0.39, 0.29) is 25.5 Å². The second-order valence-electron chi connectivity index (χ2n) is 15.6. The summed E-state index contributed by atoms with van der Waals surface area (Å²) < 4.78 is 36.5. The smallest absolute Gasteiger partial charge is 0.408 e. The van der Waals surface area contributed by atoms with Gasteiger partial charge in [0.15, 0.2) is 0 Å².